The summed E-state index contributed by atoms with van der Waals surface area (Å²) in [5, 5.41) is 2.51. The van der Waals surface area contributed by atoms with Crippen molar-refractivity contribution in [3.63, 3.8) is 0 Å². The van der Waals surface area contributed by atoms with Crippen molar-refractivity contribution in [1.29, 1.82) is 0 Å². The predicted octanol–water partition coefficient (Wildman–Crippen LogP) is 8.22. The molecule has 0 spiro atoms. The van der Waals surface area contributed by atoms with Crippen LogP contribution in [0.2, 0.25) is 5.04 Å². The van der Waals surface area contributed by atoms with Crippen molar-refractivity contribution in [3.05, 3.63) is 60.7 Å². The Labute approximate surface area is 217 Å². The summed E-state index contributed by atoms with van der Waals surface area (Å²) >= 11 is 0. The van der Waals surface area contributed by atoms with Crippen LogP contribution in [0, 0.1) is 0 Å². The van der Waals surface area contributed by atoms with Crippen molar-refractivity contribution >= 4 is 25.0 Å². The summed E-state index contributed by atoms with van der Waals surface area (Å²) in [5.74, 6) is 0. The summed E-state index contributed by atoms with van der Waals surface area (Å²) in [6, 6.07) is 21.5. The van der Waals surface area contributed by atoms with E-state index in [0.717, 1.165) is 19.1 Å². The van der Waals surface area contributed by atoms with E-state index in [1.165, 1.54) is 74.6 Å². The highest BCUT2D eigenvalue weighted by atomic mass is 28.4. The van der Waals surface area contributed by atoms with Crippen LogP contribution < -0.4 is 10.4 Å². The summed E-state index contributed by atoms with van der Waals surface area (Å²) in [5.41, 5.74) is 0. The Kier molecular flexibility index (Phi) is 13.6. The third kappa shape index (κ3) is 9.35. The minimum Gasteiger partial charge on any atom is -0.404 e. The van der Waals surface area contributed by atoms with Gasteiger partial charge in [0.25, 0.3) is 8.32 Å². The Morgan fingerprint density at radius 3 is 1.54 bits per heavy atom. The van der Waals surface area contributed by atoms with Gasteiger partial charge in [-0.15, -0.1) is 0 Å². The van der Waals surface area contributed by atoms with Crippen LogP contribution in [-0.2, 0) is 9.22 Å². The van der Waals surface area contributed by atoms with Gasteiger partial charge >= 0.3 is 0 Å². The Bertz CT molecular complexity index is 758. The summed E-state index contributed by atoms with van der Waals surface area (Å²) in [7, 11) is -2.61. The van der Waals surface area contributed by atoms with Gasteiger partial charge in [0.2, 0.25) is 0 Å². The molecule has 2 aromatic carbocycles. The average Bonchev–Trinajstić information content (AvgIpc) is 2.86. The van der Waals surface area contributed by atoms with E-state index < -0.39 is 8.32 Å². The van der Waals surface area contributed by atoms with E-state index in [1.54, 1.807) is 0 Å². The first kappa shape index (κ1) is 29.5. The highest BCUT2D eigenvalue weighted by Gasteiger charge is 2.51. The number of benzene rings is 2. The SMILES string of the molecule is CCCCCCCCCCCCC[C@H](CC=O)O[Si](c1ccccc1)(c1ccccc1)C(C)(C)C. The molecule has 0 aliphatic heterocycles. The van der Waals surface area contributed by atoms with Crippen LogP contribution in [0.4, 0.5) is 0 Å². The van der Waals surface area contributed by atoms with E-state index in [9.17, 15) is 4.79 Å². The summed E-state index contributed by atoms with van der Waals surface area (Å²) < 4.78 is 7.21. The lowest BCUT2D eigenvalue weighted by Crippen LogP contribution is -2.67. The zero-order chi connectivity index (χ0) is 25.4. The molecule has 2 aromatic rings. The molecule has 0 aliphatic carbocycles. The van der Waals surface area contributed by atoms with Crippen molar-refractivity contribution in [2.24, 2.45) is 0 Å². The van der Waals surface area contributed by atoms with Gasteiger partial charge in [-0.05, 0) is 21.8 Å². The summed E-state index contributed by atoms with van der Waals surface area (Å²) in [6.45, 7) is 9.19. The molecule has 0 saturated carbocycles. The first-order valence-electron chi connectivity index (χ1n) is 14.2. The fourth-order valence-corrected chi connectivity index (χ4v) is 10.0. The van der Waals surface area contributed by atoms with Crippen LogP contribution >= 0.6 is 0 Å². The molecular formula is C32H50O2Si. The van der Waals surface area contributed by atoms with Crippen molar-refractivity contribution in [3.8, 4) is 0 Å². The monoisotopic (exact) mass is 494 g/mol. The van der Waals surface area contributed by atoms with Gasteiger partial charge < -0.3 is 9.22 Å². The molecule has 3 heteroatoms. The lowest BCUT2D eigenvalue weighted by molar-refractivity contribution is -0.109. The third-order valence-electron chi connectivity index (χ3n) is 7.25. The van der Waals surface area contributed by atoms with E-state index >= 15 is 0 Å². The van der Waals surface area contributed by atoms with Gasteiger partial charge in [0.1, 0.15) is 6.29 Å². The van der Waals surface area contributed by atoms with Crippen LogP contribution in [0.5, 0.6) is 0 Å². The second kappa shape index (κ2) is 16.1. The molecule has 0 amide bonds. The van der Waals surface area contributed by atoms with Gasteiger partial charge in [-0.25, -0.2) is 0 Å². The minimum atomic E-state index is -2.61. The molecule has 0 radical (unpaired) electrons. The number of aldehydes is 1. The standard InChI is InChI=1S/C32H50O2Si/c1-5-6-7-8-9-10-11-12-13-14-17-22-29(27-28-33)34-35(32(2,3)4,30-23-18-15-19-24-30)31-25-20-16-21-26-31/h15-16,18-21,23-26,28-29H,5-14,17,22,27H2,1-4H3/t29-/m1/s1. The Hall–Kier alpha value is -1.71. The molecule has 0 fully saturated rings. The molecule has 2 nitrogen and oxygen atoms in total. The number of carbonyl (C=O) groups excluding carboxylic acids is 1. The second-order valence-corrected chi connectivity index (χ2v) is 15.4. The highest BCUT2D eigenvalue weighted by Crippen LogP contribution is 2.38. The lowest BCUT2D eigenvalue weighted by atomic mass is 10.0. The van der Waals surface area contributed by atoms with Crippen LogP contribution in [0.1, 0.15) is 111 Å². The molecule has 35 heavy (non-hydrogen) atoms. The zero-order valence-corrected chi connectivity index (χ0v) is 23.9. The Morgan fingerprint density at radius 2 is 1.14 bits per heavy atom. The number of unbranched alkanes of at least 4 members (excludes halogenated alkanes) is 10. The quantitative estimate of drug-likeness (QED) is 0.118. The largest absolute Gasteiger partial charge is 0.404 e. The highest BCUT2D eigenvalue weighted by molar-refractivity contribution is 6.99. The molecular weight excluding hydrogens is 444 g/mol. The van der Waals surface area contributed by atoms with Gasteiger partial charge in [0.15, 0.2) is 0 Å². The lowest BCUT2D eigenvalue weighted by Gasteiger charge is -2.45. The van der Waals surface area contributed by atoms with E-state index in [-0.39, 0.29) is 11.1 Å². The normalized spacial score (nSPS) is 13.0. The van der Waals surface area contributed by atoms with Crippen LogP contribution in [0.15, 0.2) is 60.7 Å². The van der Waals surface area contributed by atoms with Crippen LogP contribution in [0.3, 0.4) is 0 Å². The molecule has 0 N–H and O–H groups in total. The van der Waals surface area contributed by atoms with Crippen molar-refractivity contribution < 1.29 is 9.22 Å². The maximum atomic E-state index is 11.7. The molecule has 1 atom stereocenters. The van der Waals surface area contributed by atoms with Gasteiger partial charge in [-0.1, -0.05) is 159 Å². The number of carbonyl (C=O) groups is 1. The van der Waals surface area contributed by atoms with Crippen molar-refractivity contribution in [2.75, 3.05) is 0 Å². The predicted molar refractivity (Wildman–Crippen MR) is 154 cm³/mol. The van der Waals surface area contributed by atoms with Crippen molar-refractivity contribution in [2.45, 2.75) is 122 Å². The molecule has 194 valence electrons. The number of hydrogen-bond acceptors (Lipinski definition) is 2. The molecule has 0 heterocycles. The van der Waals surface area contributed by atoms with Gasteiger partial charge in [-0.2, -0.15) is 0 Å². The van der Waals surface area contributed by atoms with E-state index in [1.807, 2.05) is 0 Å². The molecule has 0 saturated heterocycles. The van der Waals surface area contributed by atoms with Crippen LogP contribution in [-0.4, -0.2) is 20.7 Å². The number of rotatable bonds is 18. The fourth-order valence-electron chi connectivity index (χ4n) is 5.31. The molecule has 0 unspecified atom stereocenters. The summed E-state index contributed by atoms with van der Waals surface area (Å²) in [6.07, 6.45) is 17.1. The van der Waals surface area contributed by atoms with Gasteiger partial charge in [0, 0.05) is 6.42 Å². The molecule has 2 rings (SSSR count). The maximum absolute atomic E-state index is 11.7. The van der Waals surface area contributed by atoms with E-state index in [0.29, 0.717) is 6.42 Å². The molecule has 0 aromatic heterocycles. The minimum absolute atomic E-state index is 0.0302. The van der Waals surface area contributed by atoms with Gasteiger partial charge in [0.05, 0.1) is 6.10 Å². The Balaban J connectivity index is 2.01. The number of hydrogen-bond donors (Lipinski definition) is 0. The molecule has 0 bridgehead atoms. The first-order valence-corrected chi connectivity index (χ1v) is 16.1. The van der Waals surface area contributed by atoms with E-state index in [4.69, 9.17) is 4.43 Å². The van der Waals surface area contributed by atoms with Crippen LogP contribution in [0.25, 0.3) is 0 Å². The van der Waals surface area contributed by atoms with Gasteiger partial charge in [-0.3, -0.25) is 0 Å². The zero-order valence-electron chi connectivity index (χ0n) is 22.9. The smallest absolute Gasteiger partial charge is 0.261 e. The second-order valence-electron chi connectivity index (χ2n) is 11.1. The first-order chi connectivity index (χ1) is 17.0. The van der Waals surface area contributed by atoms with E-state index in [2.05, 4.69) is 88.4 Å². The Morgan fingerprint density at radius 1 is 0.714 bits per heavy atom. The van der Waals surface area contributed by atoms with Crippen molar-refractivity contribution in [1.82, 2.24) is 0 Å². The summed E-state index contributed by atoms with van der Waals surface area (Å²) in [4.78, 5) is 11.7. The topological polar surface area (TPSA) is 26.3 Å². The fraction of sp³-hybridized carbons (Fsp3) is 0.594. The maximum Gasteiger partial charge on any atom is 0.261 e. The molecule has 0 aliphatic rings. The average molecular weight is 495 g/mol. The third-order valence-corrected chi connectivity index (χ3v) is 12.3.